The van der Waals surface area contributed by atoms with Gasteiger partial charge in [-0.3, -0.25) is 0 Å². The van der Waals surface area contributed by atoms with E-state index in [1.165, 1.54) is 12.5 Å². The Morgan fingerprint density at radius 2 is 1.90 bits per heavy atom. The van der Waals surface area contributed by atoms with Crippen LogP contribution in [0, 0.1) is 5.92 Å². The third kappa shape index (κ3) is 4.12. The summed E-state index contributed by atoms with van der Waals surface area (Å²) in [5.74, 6) is 0.107. The van der Waals surface area contributed by atoms with Gasteiger partial charge in [0.2, 0.25) is 0 Å². The first-order valence-electron chi connectivity index (χ1n) is 7.14. The molecule has 0 saturated carbocycles. The van der Waals surface area contributed by atoms with Crippen LogP contribution in [0.25, 0.3) is 11.3 Å². The van der Waals surface area contributed by atoms with Crippen LogP contribution < -0.4 is 0 Å². The molecule has 21 heavy (non-hydrogen) atoms. The molecule has 0 amide bonds. The Labute approximate surface area is 125 Å². The lowest BCUT2D eigenvalue weighted by Gasteiger charge is -2.16. The average molecular weight is 284 g/mol. The first-order valence-corrected chi connectivity index (χ1v) is 7.14. The molecule has 0 aliphatic heterocycles. The second kappa shape index (κ2) is 6.97. The van der Waals surface area contributed by atoms with Gasteiger partial charge in [0.15, 0.2) is 0 Å². The Morgan fingerprint density at radius 1 is 1.19 bits per heavy atom. The lowest BCUT2D eigenvalue weighted by atomic mass is 10.1. The molecule has 1 aromatic carbocycles. The molecule has 0 bridgehead atoms. The number of hydrogen-bond acceptors (Lipinski definition) is 4. The lowest BCUT2D eigenvalue weighted by molar-refractivity contribution is 0.0299. The molecule has 0 unspecified atom stereocenters. The largest absolute Gasteiger partial charge is 0.459 e. The number of hydrogen-bond donors (Lipinski definition) is 0. The van der Waals surface area contributed by atoms with Crippen LogP contribution in [-0.4, -0.2) is 22.0 Å². The van der Waals surface area contributed by atoms with E-state index in [4.69, 9.17) is 4.74 Å². The minimum absolute atomic E-state index is 0.124. The van der Waals surface area contributed by atoms with Gasteiger partial charge in [-0.1, -0.05) is 44.2 Å². The first-order chi connectivity index (χ1) is 10.1. The summed E-state index contributed by atoms with van der Waals surface area (Å²) in [7, 11) is 0. The van der Waals surface area contributed by atoms with E-state index in [1.807, 2.05) is 37.3 Å². The molecule has 110 valence electrons. The van der Waals surface area contributed by atoms with Gasteiger partial charge in [-0.2, -0.15) is 0 Å². The number of esters is 1. The van der Waals surface area contributed by atoms with Crippen LogP contribution in [0.2, 0.25) is 0 Å². The van der Waals surface area contributed by atoms with Crippen molar-refractivity contribution in [3.63, 3.8) is 0 Å². The molecule has 0 spiro atoms. The summed E-state index contributed by atoms with van der Waals surface area (Å²) in [5.41, 5.74) is 1.88. The van der Waals surface area contributed by atoms with E-state index in [2.05, 4.69) is 23.8 Å². The highest BCUT2D eigenvalue weighted by atomic mass is 16.5. The van der Waals surface area contributed by atoms with Crippen molar-refractivity contribution in [2.45, 2.75) is 33.3 Å². The Balaban J connectivity index is 2.22. The SMILES string of the molecule is CC(C)C[C@@H](C)OC(=O)c1cncnc1-c1ccccc1. The van der Waals surface area contributed by atoms with Gasteiger partial charge in [-0.05, 0) is 19.3 Å². The van der Waals surface area contributed by atoms with Gasteiger partial charge in [0.25, 0.3) is 0 Å². The number of rotatable bonds is 5. The van der Waals surface area contributed by atoms with Gasteiger partial charge in [-0.25, -0.2) is 14.8 Å². The molecule has 0 aliphatic carbocycles. The molecule has 1 heterocycles. The van der Waals surface area contributed by atoms with Crippen LogP contribution in [0.3, 0.4) is 0 Å². The average Bonchev–Trinajstić information content (AvgIpc) is 2.47. The quantitative estimate of drug-likeness (QED) is 0.785. The molecule has 0 fully saturated rings. The maximum atomic E-state index is 12.3. The predicted octanol–water partition coefficient (Wildman–Crippen LogP) is 3.74. The number of ether oxygens (including phenoxy) is 1. The van der Waals surface area contributed by atoms with E-state index >= 15 is 0 Å². The molecule has 0 N–H and O–H groups in total. The summed E-state index contributed by atoms with van der Waals surface area (Å²) in [6.07, 6.45) is 3.66. The maximum Gasteiger partial charge on any atom is 0.342 e. The molecule has 0 saturated heterocycles. The van der Waals surface area contributed by atoms with Crippen molar-refractivity contribution >= 4 is 5.97 Å². The molecule has 0 aliphatic rings. The second-order valence-corrected chi connectivity index (χ2v) is 5.50. The number of aromatic nitrogens is 2. The number of carbonyl (C=O) groups excluding carboxylic acids is 1. The number of nitrogens with zero attached hydrogens (tertiary/aromatic N) is 2. The van der Waals surface area contributed by atoms with Crippen LogP contribution in [0.4, 0.5) is 0 Å². The van der Waals surface area contributed by atoms with Crippen LogP contribution >= 0.6 is 0 Å². The topological polar surface area (TPSA) is 52.1 Å². The highest BCUT2D eigenvalue weighted by Gasteiger charge is 2.18. The second-order valence-electron chi connectivity index (χ2n) is 5.50. The third-order valence-corrected chi connectivity index (χ3v) is 3.09. The van der Waals surface area contributed by atoms with Crippen LogP contribution in [0.1, 0.15) is 37.6 Å². The van der Waals surface area contributed by atoms with E-state index < -0.39 is 0 Å². The van der Waals surface area contributed by atoms with Crippen molar-refractivity contribution in [2.24, 2.45) is 5.92 Å². The zero-order chi connectivity index (χ0) is 15.2. The van der Waals surface area contributed by atoms with Gasteiger partial charge in [0.1, 0.15) is 11.9 Å². The van der Waals surface area contributed by atoms with E-state index in [1.54, 1.807) is 0 Å². The molecular weight excluding hydrogens is 264 g/mol. The summed E-state index contributed by atoms with van der Waals surface area (Å²) >= 11 is 0. The van der Waals surface area contributed by atoms with Gasteiger partial charge >= 0.3 is 5.97 Å². The zero-order valence-electron chi connectivity index (χ0n) is 12.6. The van der Waals surface area contributed by atoms with Crippen LogP contribution in [0.15, 0.2) is 42.9 Å². The highest BCUT2D eigenvalue weighted by molar-refractivity contribution is 5.95. The number of benzene rings is 1. The molecule has 4 nitrogen and oxygen atoms in total. The summed E-state index contributed by atoms with van der Waals surface area (Å²) in [4.78, 5) is 20.5. The first kappa shape index (κ1) is 15.2. The summed E-state index contributed by atoms with van der Waals surface area (Å²) in [6.45, 7) is 6.11. The van der Waals surface area contributed by atoms with Crippen molar-refractivity contribution < 1.29 is 9.53 Å². The summed E-state index contributed by atoms with van der Waals surface area (Å²) in [5, 5.41) is 0. The lowest BCUT2D eigenvalue weighted by Crippen LogP contribution is -2.18. The fourth-order valence-corrected chi connectivity index (χ4v) is 2.26. The normalized spacial score (nSPS) is 12.2. The fourth-order valence-electron chi connectivity index (χ4n) is 2.26. The van der Waals surface area contributed by atoms with Crippen molar-refractivity contribution in [2.75, 3.05) is 0 Å². The minimum atomic E-state index is -0.373. The summed E-state index contributed by atoms with van der Waals surface area (Å²) < 4.78 is 5.49. The Kier molecular flexibility index (Phi) is 5.04. The molecule has 4 heteroatoms. The molecule has 2 rings (SSSR count). The van der Waals surface area contributed by atoms with Gasteiger partial charge in [0.05, 0.1) is 11.8 Å². The number of carbonyl (C=O) groups is 1. The van der Waals surface area contributed by atoms with Crippen LogP contribution in [0.5, 0.6) is 0 Å². The van der Waals surface area contributed by atoms with Crippen molar-refractivity contribution in [1.29, 1.82) is 0 Å². The zero-order valence-corrected chi connectivity index (χ0v) is 12.6. The Hall–Kier alpha value is -2.23. The minimum Gasteiger partial charge on any atom is -0.459 e. The highest BCUT2D eigenvalue weighted by Crippen LogP contribution is 2.21. The molecule has 2 aromatic rings. The standard InChI is InChI=1S/C17H20N2O2/c1-12(2)9-13(3)21-17(20)15-10-18-11-19-16(15)14-7-5-4-6-8-14/h4-8,10-13H,9H2,1-3H3/t13-/m1/s1. The monoisotopic (exact) mass is 284 g/mol. The summed E-state index contributed by atoms with van der Waals surface area (Å²) in [6, 6.07) is 9.57. The Bertz CT molecular complexity index is 597. The predicted molar refractivity (Wildman–Crippen MR) is 81.8 cm³/mol. The fraction of sp³-hybridized carbons (Fsp3) is 0.353. The van der Waals surface area contributed by atoms with E-state index in [-0.39, 0.29) is 12.1 Å². The van der Waals surface area contributed by atoms with E-state index in [9.17, 15) is 4.79 Å². The van der Waals surface area contributed by atoms with Crippen molar-refractivity contribution in [1.82, 2.24) is 9.97 Å². The maximum absolute atomic E-state index is 12.3. The van der Waals surface area contributed by atoms with Crippen LogP contribution in [-0.2, 0) is 4.74 Å². The molecular formula is C17H20N2O2. The smallest absolute Gasteiger partial charge is 0.342 e. The van der Waals surface area contributed by atoms with Crippen molar-refractivity contribution in [3.05, 3.63) is 48.4 Å². The van der Waals surface area contributed by atoms with Gasteiger partial charge < -0.3 is 4.74 Å². The van der Waals surface area contributed by atoms with Gasteiger partial charge in [0, 0.05) is 11.8 Å². The van der Waals surface area contributed by atoms with E-state index in [0.29, 0.717) is 17.2 Å². The van der Waals surface area contributed by atoms with E-state index in [0.717, 1.165) is 12.0 Å². The molecule has 1 aromatic heterocycles. The molecule has 0 radical (unpaired) electrons. The third-order valence-electron chi connectivity index (χ3n) is 3.09. The van der Waals surface area contributed by atoms with Crippen molar-refractivity contribution in [3.8, 4) is 11.3 Å². The van der Waals surface area contributed by atoms with Gasteiger partial charge in [-0.15, -0.1) is 0 Å². The Morgan fingerprint density at radius 3 is 2.57 bits per heavy atom. The molecule has 1 atom stereocenters.